The van der Waals surface area contributed by atoms with Crippen molar-refractivity contribution >= 4 is 11.3 Å². The number of benzene rings is 1. The number of fused-ring (bicyclic) bond motifs is 1. The van der Waals surface area contributed by atoms with Crippen molar-refractivity contribution in [1.29, 1.82) is 0 Å². The van der Waals surface area contributed by atoms with E-state index in [1.54, 1.807) is 23.5 Å². The Balaban J connectivity index is 1.69. The lowest BCUT2D eigenvalue weighted by Crippen LogP contribution is -2.22. The molecule has 1 atom stereocenters. The van der Waals surface area contributed by atoms with E-state index in [1.807, 2.05) is 13.0 Å². The molecule has 3 rings (SSSR count). The maximum Gasteiger partial charge on any atom is 0.127 e. The van der Waals surface area contributed by atoms with E-state index in [4.69, 9.17) is 4.74 Å². The molecule has 0 aliphatic carbocycles. The van der Waals surface area contributed by atoms with Crippen LogP contribution in [0.25, 0.3) is 0 Å². The Hall–Kier alpha value is -1.59. The Morgan fingerprint density at radius 2 is 2.44 bits per heavy atom. The van der Waals surface area contributed by atoms with Gasteiger partial charge in [-0.05, 0) is 19.1 Å². The van der Waals surface area contributed by atoms with Gasteiger partial charge in [-0.1, -0.05) is 0 Å². The molecule has 18 heavy (non-hydrogen) atoms. The first kappa shape index (κ1) is 11.5. The van der Waals surface area contributed by atoms with Gasteiger partial charge in [0.25, 0.3) is 0 Å². The van der Waals surface area contributed by atoms with Gasteiger partial charge in [0.2, 0.25) is 0 Å². The van der Waals surface area contributed by atoms with E-state index in [1.165, 1.54) is 0 Å². The van der Waals surface area contributed by atoms with Gasteiger partial charge in [0.15, 0.2) is 0 Å². The van der Waals surface area contributed by atoms with Crippen LogP contribution in [0.1, 0.15) is 22.3 Å². The number of aromatic hydroxyl groups is 1. The number of thiazole rings is 1. The molecule has 0 saturated carbocycles. The average Bonchev–Trinajstić information content (AvgIpc) is 2.92. The fourth-order valence-electron chi connectivity index (χ4n) is 2.08. The van der Waals surface area contributed by atoms with Gasteiger partial charge in [-0.25, -0.2) is 4.98 Å². The van der Waals surface area contributed by atoms with Gasteiger partial charge in [0.05, 0.1) is 16.7 Å². The SMILES string of the molecule is Cc1nc(CNC2COc3cc(O)ccc32)cs1. The lowest BCUT2D eigenvalue weighted by atomic mass is 10.1. The summed E-state index contributed by atoms with van der Waals surface area (Å²) in [5, 5.41) is 16.0. The molecule has 1 aliphatic rings. The lowest BCUT2D eigenvalue weighted by Gasteiger charge is -2.10. The molecular formula is C13H14N2O2S. The lowest BCUT2D eigenvalue weighted by molar-refractivity contribution is 0.309. The molecule has 2 aromatic rings. The molecule has 0 bridgehead atoms. The second kappa shape index (κ2) is 4.59. The molecular weight excluding hydrogens is 248 g/mol. The van der Waals surface area contributed by atoms with Gasteiger partial charge in [-0.3, -0.25) is 0 Å². The third-order valence-corrected chi connectivity index (χ3v) is 3.80. The van der Waals surface area contributed by atoms with E-state index in [0.717, 1.165) is 28.6 Å². The van der Waals surface area contributed by atoms with Crippen molar-refractivity contribution in [3.8, 4) is 11.5 Å². The molecule has 1 aromatic heterocycles. The van der Waals surface area contributed by atoms with Crippen LogP contribution in [0, 0.1) is 6.92 Å². The fraction of sp³-hybridized carbons (Fsp3) is 0.308. The topological polar surface area (TPSA) is 54.4 Å². The molecule has 5 heteroatoms. The molecule has 2 heterocycles. The van der Waals surface area contributed by atoms with Crippen molar-refractivity contribution in [3.63, 3.8) is 0 Å². The van der Waals surface area contributed by atoms with Crippen LogP contribution in [0.4, 0.5) is 0 Å². The highest BCUT2D eigenvalue weighted by molar-refractivity contribution is 7.09. The van der Waals surface area contributed by atoms with Gasteiger partial charge in [0, 0.05) is 23.6 Å². The number of phenols is 1. The number of hydrogen-bond donors (Lipinski definition) is 2. The Kier molecular flexibility index (Phi) is 2.93. The van der Waals surface area contributed by atoms with E-state index in [9.17, 15) is 5.11 Å². The quantitative estimate of drug-likeness (QED) is 0.891. The summed E-state index contributed by atoms with van der Waals surface area (Å²) >= 11 is 1.66. The van der Waals surface area contributed by atoms with E-state index in [2.05, 4.69) is 15.7 Å². The van der Waals surface area contributed by atoms with Crippen molar-refractivity contribution in [2.24, 2.45) is 0 Å². The molecule has 0 radical (unpaired) electrons. The number of aromatic nitrogens is 1. The van der Waals surface area contributed by atoms with Crippen LogP contribution in [-0.4, -0.2) is 16.7 Å². The summed E-state index contributed by atoms with van der Waals surface area (Å²) in [5.41, 5.74) is 2.16. The molecule has 0 spiro atoms. The number of aryl methyl sites for hydroxylation is 1. The minimum Gasteiger partial charge on any atom is -0.508 e. The van der Waals surface area contributed by atoms with Gasteiger partial charge in [-0.2, -0.15) is 0 Å². The number of ether oxygens (including phenoxy) is 1. The molecule has 0 saturated heterocycles. The molecule has 2 N–H and O–H groups in total. The standard InChI is InChI=1S/C13H14N2O2S/c1-8-15-9(7-18-8)5-14-12-6-17-13-4-10(16)2-3-11(12)13/h2-4,7,12,14,16H,5-6H2,1H3. The number of rotatable bonds is 3. The molecule has 94 valence electrons. The predicted molar refractivity (Wildman–Crippen MR) is 70.0 cm³/mol. The summed E-state index contributed by atoms with van der Waals surface area (Å²) < 4.78 is 5.55. The normalized spacial score (nSPS) is 17.5. The van der Waals surface area contributed by atoms with Crippen molar-refractivity contribution in [1.82, 2.24) is 10.3 Å². The number of hydrogen-bond acceptors (Lipinski definition) is 5. The Labute approximate surface area is 109 Å². The Morgan fingerprint density at radius 1 is 1.56 bits per heavy atom. The average molecular weight is 262 g/mol. The Bertz CT molecular complexity index is 568. The zero-order valence-corrected chi connectivity index (χ0v) is 10.8. The summed E-state index contributed by atoms with van der Waals surface area (Å²) in [6.07, 6.45) is 0. The van der Waals surface area contributed by atoms with E-state index >= 15 is 0 Å². The highest BCUT2D eigenvalue weighted by Gasteiger charge is 2.23. The zero-order chi connectivity index (χ0) is 12.5. The molecule has 0 fully saturated rings. The van der Waals surface area contributed by atoms with E-state index < -0.39 is 0 Å². The van der Waals surface area contributed by atoms with Crippen LogP contribution in [-0.2, 0) is 6.54 Å². The molecule has 1 unspecified atom stereocenters. The van der Waals surface area contributed by atoms with Crippen molar-refractivity contribution in [2.45, 2.75) is 19.5 Å². The first-order valence-corrected chi connectivity index (χ1v) is 6.70. The summed E-state index contributed by atoms with van der Waals surface area (Å²) in [5.74, 6) is 1.01. The van der Waals surface area contributed by atoms with Crippen LogP contribution in [0.3, 0.4) is 0 Å². The number of nitrogens with one attached hydrogen (secondary N) is 1. The van der Waals surface area contributed by atoms with Crippen molar-refractivity contribution in [2.75, 3.05) is 6.61 Å². The van der Waals surface area contributed by atoms with Crippen LogP contribution in [0.15, 0.2) is 23.6 Å². The van der Waals surface area contributed by atoms with E-state index in [-0.39, 0.29) is 11.8 Å². The first-order valence-electron chi connectivity index (χ1n) is 5.82. The van der Waals surface area contributed by atoms with Crippen LogP contribution < -0.4 is 10.1 Å². The number of phenolic OH excluding ortho intramolecular Hbond substituents is 1. The van der Waals surface area contributed by atoms with Gasteiger partial charge in [-0.15, -0.1) is 11.3 Å². The minimum atomic E-state index is 0.169. The highest BCUT2D eigenvalue weighted by Crippen LogP contribution is 2.34. The Morgan fingerprint density at radius 3 is 3.22 bits per heavy atom. The largest absolute Gasteiger partial charge is 0.508 e. The second-order valence-corrected chi connectivity index (χ2v) is 5.39. The fourth-order valence-corrected chi connectivity index (χ4v) is 2.70. The predicted octanol–water partition coefficient (Wildman–Crippen LogP) is 2.38. The summed E-state index contributed by atoms with van der Waals surface area (Å²) in [7, 11) is 0. The third-order valence-electron chi connectivity index (χ3n) is 2.97. The summed E-state index contributed by atoms with van der Waals surface area (Å²) in [4.78, 5) is 4.42. The smallest absolute Gasteiger partial charge is 0.127 e. The van der Waals surface area contributed by atoms with Crippen LogP contribution in [0.2, 0.25) is 0 Å². The maximum absolute atomic E-state index is 9.38. The van der Waals surface area contributed by atoms with Crippen LogP contribution in [0.5, 0.6) is 11.5 Å². The van der Waals surface area contributed by atoms with E-state index in [0.29, 0.717) is 6.61 Å². The highest BCUT2D eigenvalue weighted by atomic mass is 32.1. The third kappa shape index (κ3) is 2.19. The van der Waals surface area contributed by atoms with Gasteiger partial charge >= 0.3 is 0 Å². The van der Waals surface area contributed by atoms with Gasteiger partial charge < -0.3 is 15.2 Å². The van der Waals surface area contributed by atoms with Gasteiger partial charge in [0.1, 0.15) is 18.1 Å². The molecule has 4 nitrogen and oxygen atoms in total. The van der Waals surface area contributed by atoms with Crippen molar-refractivity contribution < 1.29 is 9.84 Å². The van der Waals surface area contributed by atoms with Crippen LogP contribution >= 0.6 is 11.3 Å². The molecule has 1 aliphatic heterocycles. The number of nitrogens with zero attached hydrogens (tertiary/aromatic N) is 1. The molecule has 1 aromatic carbocycles. The second-order valence-electron chi connectivity index (χ2n) is 4.32. The zero-order valence-electron chi connectivity index (χ0n) is 10.0. The monoisotopic (exact) mass is 262 g/mol. The minimum absolute atomic E-state index is 0.169. The first-order chi connectivity index (χ1) is 8.72. The summed E-state index contributed by atoms with van der Waals surface area (Å²) in [6, 6.07) is 5.42. The van der Waals surface area contributed by atoms with Crippen molar-refractivity contribution in [3.05, 3.63) is 39.8 Å². The summed E-state index contributed by atoms with van der Waals surface area (Å²) in [6.45, 7) is 3.34. The molecule has 0 amide bonds. The maximum atomic E-state index is 9.38.